The first kappa shape index (κ1) is 18.0. The second-order valence-corrected chi connectivity index (χ2v) is 7.17. The zero-order valence-corrected chi connectivity index (χ0v) is 16.3. The Hall–Kier alpha value is -4.06. The molecule has 5 aromatic rings. The van der Waals surface area contributed by atoms with Gasteiger partial charge in [-0.1, -0.05) is 60.7 Å². The molecule has 0 saturated carbocycles. The number of fused-ring (bicyclic) bond motifs is 1. The second-order valence-electron chi connectivity index (χ2n) is 7.17. The van der Waals surface area contributed by atoms with Gasteiger partial charge in [-0.25, -0.2) is 15.0 Å². The van der Waals surface area contributed by atoms with Crippen LogP contribution in [0, 0.1) is 0 Å². The molecule has 2 N–H and O–H groups in total. The van der Waals surface area contributed by atoms with Gasteiger partial charge >= 0.3 is 0 Å². The third-order valence-corrected chi connectivity index (χ3v) is 4.96. The summed E-state index contributed by atoms with van der Waals surface area (Å²) < 4.78 is 1.92. The SMILES string of the molecule is Nc1nc(Cc2ccccc2)c2nc(-c3cnn(Cc4ccccc4)c3)ccc2n1. The van der Waals surface area contributed by atoms with Crippen LogP contribution in [-0.2, 0) is 13.0 Å². The Kier molecular flexibility index (Phi) is 4.65. The molecular weight excluding hydrogens is 372 g/mol. The number of nitrogens with two attached hydrogens (primary N) is 1. The lowest BCUT2D eigenvalue weighted by molar-refractivity contribution is 0.687. The van der Waals surface area contributed by atoms with Crippen molar-refractivity contribution in [3.8, 4) is 11.3 Å². The third-order valence-electron chi connectivity index (χ3n) is 4.96. The van der Waals surface area contributed by atoms with E-state index < -0.39 is 0 Å². The molecule has 0 unspecified atom stereocenters. The Bertz CT molecular complexity index is 1300. The van der Waals surface area contributed by atoms with E-state index >= 15 is 0 Å². The van der Waals surface area contributed by atoms with Crippen LogP contribution in [0.3, 0.4) is 0 Å². The average Bonchev–Trinajstić information content (AvgIpc) is 3.23. The maximum Gasteiger partial charge on any atom is 0.220 e. The highest BCUT2D eigenvalue weighted by Crippen LogP contribution is 2.23. The second kappa shape index (κ2) is 7.75. The van der Waals surface area contributed by atoms with E-state index in [1.807, 2.05) is 65.6 Å². The normalized spacial score (nSPS) is 11.1. The van der Waals surface area contributed by atoms with E-state index in [0.717, 1.165) is 33.5 Å². The number of nitrogens with zero attached hydrogens (tertiary/aromatic N) is 5. The minimum absolute atomic E-state index is 0.263. The zero-order valence-electron chi connectivity index (χ0n) is 16.3. The molecule has 6 heteroatoms. The lowest BCUT2D eigenvalue weighted by atomic mass is 10.1. The maximum absolute atomic E-state index is 5.94. The molecule has 0 spiro atoms. The standard InChI is InChI=1S/C24H20N6/c25-24-28-21-12-11-20(19-14-26-30(16-19)15-18-9-5-2-6-10-18)27-23(21)22(29-24)13-17-7-3-1-4-8-17/h1-12,14,16H,13,15H2,(H2,25,28,29). The van der Waals surface area contributed by atoms with Crippen LogP contribution in [0.25, 0.3) is 22.3 Å². The first-order chi connectivity index (χ1) is 14.7. The Morgan fingerprint density at radius 2 is 1.50 bits per heavy atom. The van der Waals surface area contributed by atoms with Crippen molar-refractivity contribution in [2.75, 3.05) is 5.73 Å². The molecule has 0 radical (unpaired) electrons. The molecule has 3 aromatic heterocycles. The van der Waals surface area contributed by atoms with Crippen molar-refractivity contribution in [3.63, 3.8) is 0 Å². The number of aromatic nitrogens is 5. The van der Waals surface area contributed by atoms with Crippen molar-refractivity contribution in [3.05, 3.63) is 102 Å². The molecule has 146 valence electrons. The highest BCUT2D eigenvalue weighted by atomic mass is 15.3. The largest absolute Gasteiger partial charge is 0.368 e. The summed E-state index contributed by atoms with van der Waals surface area (Å²) in [5.41, 5.74) is 12.4. The Morgan fingerprint density at radius 1 is 0.767 bits per heavy atom. The molecule has 0 aliphatic heterocycles. The third kappa shape index (κ3) is 3.75. The molecule has 0 fully saturated rings. The molecule has 0 saturated heterocycles. The van der Waals surface area contributed by atoms with Gasteiger partial charge in [-0.05, 0) is 23.3 Å². The molecule has 30 heavy (non-hydrogen) atoms. The lowest BCUT2D eigenvalue weighted by Crippen LogP contribution is -2.03. The minimum Gasteiger partial charge on any atom is -0.368 e. The molecule has 5 rings (SSSR count). The predicted octanol–water partition coefficient (Wildman–Crippen LogP) is 4.11. The minimum atomic E-state index is 0.263. The first-order valence-electron chi connectivity index (χ1n) is 9.78. The van der Waals surface area contributed by atoms with Crippen LogP contribution in [-0.4, -0.2) is 24.7 Å². The van der Waals surface area contributed by atoms with E-state index in [1.54, 1.807) is 0 Å². The van der Waals surface area contributed by atoms with Crippen molar-refractivity contribution in [1.29, 1.82) is 0 Å². The van der Waals surface area contributed by atoms with Crippen LogP contribution in [0.4, 0.5) is 5.95 Å². The highest BCUT2D eigenvalue weighted by molar-refractivity contribution is 5.81. The monoisotopic (exact) mass is 392 g/mol. The van der Waals surface area contributed by atoms with Crippen LogP contribution in [0.2, 0.25) is 0 Å². The van der Waals surface area contributed by atoms with Crippen LogP contribution >= 0.6 is 0 Å². The van der Waals surface area contributed by atoms with Crippen LogP contribution in [0.5, 0.6) is 0 Å². The average molecular weight is 392 g/mol. The number of pyridine rings is 1. The van der Waals surface area contributed by atoms with Gasteiger partial charge in [-0.2, -0.15) is 5.10 Å². The van der Waals surface area contributed by atoms with Gasteiger partial charge in [0.15, 0.2) is 0 Å². The fraction of sp³-hybridized carbons (Fsp3) is 0.0833. The topological polar surface area (TPSA) is 82.5 Å². The predicted molar refractivity (Wildman–Crippen MR) is 118 cm³/mol. The molecule has 0 atom stereocenters. The van der Waals surface area contributed by atoms with E-state index in [1.165, 1.54) is 5.56 Å². The summed E-state index contributed by atoms with van der Waals surface area (Å²) in [7, 11) is 0. The van der Waals surface area contributed by atoms with Gasteiger partial charge in [0.25, 0.3) is 0 Å². The Labute approximate surface area is 174 Å². The van der Waals surface area contributed by atoms with Gasteiger partial charge in [-0.3, -0.25) is 4.68 Å². The van der Waals surface area contributed by atoms with E-state index in [-0.39, 0.29) is 5.95 Å². The Balaban J connectivity index is 1.50. The summed E-state index contributed by atoms with van der Waals surface area (Å²) in [6.45, 7) is 0.716. The smallest absolute Gasteiger partial charge is 0.220 e. The number of hydrogen-bond donors (Lipinski definition) is 1. The van der Waals surface area contributed by atoms with Gasteiger partial charge in [0.2, 0.25) is 5.95 Å². The van der Waals surface area contributed by atoms with Gasteiger partial charge in [0, 0.05) is 18.2 Å². The van der Waals surface area contributed by atoms with Gasteiger partial charge in [0.1, 0.15) is 5.52 Å². The summed E-state index contributed by atoms with van der Waals surface area (Å²) in [5.74, 6) is 0.263. The van der Waals surface area contributed by atoms with Crippen molar-refractivity contribution >= 4 is 17.0 Å². The molecule has 2 aromatic carbocycles. The quantitative estimate of drug-likeness (QED) is 0.487. The van der Waals surface area contributed by atoms with Crippen molar-refractivity contribution in [1.82, 2.24) is 24.7 Å². The summed E-state index contributed by atoms with van der Waals surface area (Å²) in [4.78, 5) is 13.7. The van der Waals surface area contributed by atoms with Gasteiger partial charge in [-0.15, -0.1) is 0 Å². The molecule has 0 aliphatic carbocycles. The number of rotatable bonds is 5. The van der Waals surface area contributed by atoms with Crippen molar-refractivity contribution in [2.24, 2.45) is 0 Å². The van der Waals surface area contributed by atoms with E-state index in [2.05, 4.69) is 39.3 Å². The zero-order chi connectivity index (χ0) is 20.3. The number of anilines is 1. The van der Waals surface area contributed by atoms with Crippen LogP contribution < -0.4 is 5.73 Å². The van der Waals surface area contributed by atoms with E-state index in [4.69, 9.17) is 10.7 Å². The Morgan fingerprint density at radius 3 is 2.27 bits per heavy atom. The number of nitrogen functional groups attached to an aromatic ring is 1. The highest BCUT2D eigenvalue weighted by Gasteiger charge is 2.12. The van der Waals surface area contributed by atoms with E-state index in [0.29, 0.717) is 13.0 Å². The molecule has 0 amide bonds. The summed E-state index contributed by atoms with van der Waals surface area (Å²) in [6.07, 6.45) is 4.50. The van der Waals surface area contributed by atoms with Gasteiger partial charge in [0.05, 0.1) is 29.6 Å². The summed E-state index contributed by atoms with van der Waals surface area (Å²) in [5, 5.41) is 4.50. The first-order valence-corrected chi connectivity index (χ1v) is 9.78. The fourth-order valence-corrected chi connectivity index (χ4v) is 3.52. The summed E-state index contributed by atoms with van der Waals surface area (Å²) in [6, 6.07) is 24.3. The van der Waals surface area contributed by atoms with E-state index in [9.17, 15) is 0 Å². The molecule has 3 heterocycles. The molecule has 0 bridgehead atoms. The maximum atomic E-state index is 5.94. The number of benzene rings is 2. The van der Waals surface area contributed by atoms with Gasteiger partial charge < -0.3 is 5.73 Å². The number of hydrogen-bond acceptors (Lipinski definition) is 5. The molecule has 6 nitrogen and oxygen atoms in total. The molecular formula is C24H20N6. The summed E-state index contributed by atoms with van der Waals surface area (Å²) >= 11 is 0. The van der Waals surface area contributed by atoms with Crippen LogP contribution in [0.15, 0.2) is 85.2 Å². The molecule has 0 aliphatic rings. The lowest BCUT2D eigenvalue weighted by Gasteiger charge is -2.08. The van der Waals surface area contributed by atoms with Crippen molar-refractivity contribution in [2.45, 2.75) is 13.0 Å². The van der Waals surface area contributed by atoms with Crippen molar-refractivity contribution < 1.29 is 0 Å². The van der Waals surface area contributed by atoms with Crippen LogP contribution in [0.1, 0.15) is 16.8 Å². The fourth-order valence-electron chi connectivity index (χ4n) is 3.52.